The minimum atomic E-state index is 0.821. The SMILES string of the molecule is C[CH]c1ccc(Cl)c2ccccc12. The van der Waals surface area contributed by atoms with Crippen molar-refractivity contribution in [1.29, 1.82) is 0 Å². The minimum absolute atomic E-state index is 0.821. The smallest absolute Gasteiger partial charge is 0.0484 e. The molecule has 0 aliphatic carbocycles. The molecule has 0 N–H and O–H groups in total. The van der Waals surface area contributed by atoms with E-state index in [1.165, 1.54) is 10.9 Å². The number of halogens is 1. The Morgan fingerprint density at radius 1 is 1.00 bits per heavy atom. The summed E-state index contributed by atoms with van der Waals surface area (Å²) in [5, 5.41) is 3.17. The van der Waals surface area contributed by atoms with Crippen LogP contribution < -0.4 is 0 Å². The van der Waals surface area contributed by atoms with Gasteiger partial charge in [0.15, 0.2) is 0 Å². The molecule has 0 bridgehead atoms. The molecule has 0 fully saturated rings. The van der Waals surface area contributed by atoms with E-state index in [1.54, 1.807) is 0 Å². The van der Waals surface area contributed by atoms with Crippen molar-refractivity contribution in [3.63, 3.8) is 0 Å². The van der Waals surface area contributed by atoms with Crippen LogP contribution in [0.4, 0.5) is 0 Å². The highest BCUT2D eigenvalue weighted by Crippen LogP contribution is 2.26. The third kappa shape index (κ3) is 1.42. The van der Waals surface area contributed by atoms with Crippen molar-refractivity contribution < 1.29 is 0 Å². The lowest BCUT2D eigenvalue weighted by atomic mass is 10.0. The van der Waals surface area contributed by atoms with Gasteiger partial charge in [0, 0.05) is 10.4 Å². The molecule has 0 amide bonds. The zero-order chi connectivity index (χ0) is 9.26. The molecule has 0 heterocycles. The molecule has 0 spiro atoms. The topological polar surface area (TPSA) is 0 Å². The standard InChI is InChI=1S/C12H10Cl/c1-2-9-7-8-12(13)11-6-4-3-5-10(9)11/h2-8H,1H3. The van der Waals surface area contributed by atoms with Crippen LogP contribution in [0.5, 0.6) is 0 Å². The van der Waals surface area contributed by atoms with Crippen LogP contribution in [-0.2, 0) is 0 Å². The molecule has 0 aromatic heterocycles. The van der Waals surface area contributed by atoms with Gasteiger partial charge in [0.05, 0.1) is 0 Å². The Morgan fingerprint density at radius 3 is 2.38 bits per heavy atom. The Bertz CT molecular complexity index is 432. The predicted molar refractivity (Wildman–Crippen MR) is 58.0 cm³/mol. The molecule has 13 heavy (non-hydrogen) atoms. The Morgan fingerprint density at radius 2 is 1.69 bits per heavy atom. The van der Waals surface area contributed by atoms with Gasteiger partial charge in [0.25, 0.3) is 0 Å². The molecule has 2 rings (SSSR count). The third-order valence-electron chi connectivity index (χ3n) is 2.22. The number of fused-ring (bicyclic) bond motifs is 1. The monoisotopic (exact) mass is 189 g/mol. The van der Waals surface area contributed by atoms with Crippen LogP contribution in [0, 0.1) is 6.42 Å². The van der Waals surface area contributed by atoms with Gasteiger partial charge >= 0.3 is 0 Å². The molecule has 1 radical (unpaired) electrons. The molecule has 0 aliphatic rings. The second kappa shape index (κ2) is 3.39. The fraction of sp³-hybridized carbons (Fsp3) is 0.0833. The highest BCUT2D eigenvalue weighted by molar-refractivity contribution is 6.35. The summed E-state index contributed by atoms with van der Waals surface area (Å²) in [5.41, 5.74) is 1.24. The summed E-state index contributed by atoms with van der Waals surface area (Å²) in [6.07, 6.45) is 2.10. The fourth-order valence-corrected chi connectivity index (χ4v) is 1.77. The van der Waals surface area contributed by atoms with E-state index < -0.39 is 0 Å². The van der Waals surface area contributed by atoms with Crippen LogP contribution in [0.15, 0.2) is 36.4 Å². The normalized spacial score (nSPS) is 10.6. The van der Waals surface area contributed by atoms with E-state index in [1.807, 2.05) is 37.3 Å². The molecule has 2 aromatic carbocycles. The third-order valence-corrected chi connectivity index (χ3v) is 2.55. The van der Waals surface area contributed by atoms with Crippen LogP contribution >= 0.6 is 11.6 Å². The van der Waals surface area contributed by atoms with Gasteiger partial charge in [-0.3, -0.25) is 0 Å². The van der Waals surface area contributed by atoms with Gasteiger partial charge in [0.2, 0.25) is 0 Å². The van der Waals surface area contributed by atoms with E-state index in [-0.39, 0.29) is 0 Å². The first kappa shape index (κ1) is 8.58. The highest BCUT2D eigenvalue weighted by Gasteiger charge is 2.01. The molecule has 0 nitrogen and oxygen atoms in total. The van der Waals surface area contributed by atoms with Crippen molar-refractivity contribution in [2.75, 3.05) is 0 Å². The summed E-state index contributed by atoms with van der Waals surface area (Å²) in [5.74, 6) is 0. The Kier molecular flexibility index (Phi) is 2.24. The number of rotatable bonds is 1. The van der Waals surface area contributed by atoms with Gasteiger partial charge in [-0.2, -0.15) is 0 Å². The molecule has 0 saturated carbocycles. The molecule has 2 aromatic rings. The largest absolute Gasteiger partial charge is 0.0837 e. The Hall–Kier alpha value is -1.01. The van der Waals surface area contributed by atoms with Crippen LogP contribution in [-0.4, -0.2) is 0 Å². The van der Waals surface area contributed by atoms with E-state index in [9.17, 15) is 0 Å². The van der Waals surface area contributed by atoms with Crippen LogP contribution in [0.1, 0.15) is 12.5 Å². The lowest BCUT2D eigenvalue weighted by molar-refractivity contribution is 1.46. The fourth-order valence-electron chi connectivity index (χ4n) is 1.54. The van der Waals surface area contributed by atoms with Crippen molar-refractivity contribution in [1.82, 2.24) is 0 Å². The first-order valence-corrected chi connectivity index (χ1v) is 4.67. The highest BCUT2D eigenvalue weighted by atomic mass is 35.5. The maximum atomic E-state index is 6.07. The van der Waals surface area contributed by atoms with Gasteiger partial charge in [-0.05, 0) is 23.4 Å². The second-order valence-corrected chi connectivity index (χ2v) is 3.38. The summed E-state index contributed by atoms with van der Waals surface area (Å²) >= 11 is 6.07. The summed E-state index contributed by atoms with van der Waals surface area (Å²) in [6.45, 7) is 2.04. The zero-order valence-electron chi connectivity index (χ0n) is 7.42. The summed E-state index contributed by atoms with van der Waals surface area (Å²) in [7, 11) is 0. The minimum Gasteiger partial charge on any atom is -0.0837 e. The predicted octanol–water partition coefficient (Wildman–Crippen LogP) is 4.07. The molecule has 0 unspecified atom stereocenters. The second-order valence-electron chi connectivity index (χ2n) is 2.97. The molecule has 65 valence electrons. The van der Waals surface area contributed by atoms with E-state index >= 15 is 0 Å². The van der Waals surface area contributed by atoms with Gasteiger partial charge in [-0.25, -0.2) is 0 Å². The van der Waals surface area contributed by atoms with Gasteiger partial charge < -0.3 is 0 Å². The Balaban J connectivity index is 2.84. The van der Waals surface area contributed by atoms with E-state index in [4.69, 9.17) is 11.6 Å². The maximum Gasteiger partial charge on any atom is 0.0484 e. The summed E-state index contributed by atoms with van der Waals surface area (Å²) < 4.78 is 0. The van der Waals surface area contributed by atoms with Crippen molar-refractivity contribution in [3.8, 4) is 0 Å². The number of benzene rings is 2. The maximum absolute atomic E-state index is 6.07. The summed E-state index contributed by atoms with van der Waals surface area (Å²) in [6, 6.07) is 12.2. The van der Waals surface area contributed by atoms with Crippen molar-refractivity contribution in [2.24, 2.45) is 0 Å². The van der Waals surface area contributed by atoms with Crippen LogP contribution in [0.2, 0.25) is 5.02 Å². The van der Waals surface area contributed by atoms with Gasteiger partial charge in [-0.1, -0.05) is 48.9 Å². The van der Waals surface area contributed by atoms with Crippen LogP contribution in [0.25, 0.3) is 10.8 Å². The lowest BCUT2D eigenvalue weighted by Crippen LogP contribution is -1.81. The molecular formula is C12H10Cl. The van der Waals surface area contributed by atoms with Crippen molar-refractivity contribution in [2.45, 2.75) is 6.92 Å². The molecule has 0 saturated heterocycles. The van der Waals surface area contributed by atoms with Gasteiger partial charge in [-0.15, -0.1) is 0 Å². The van der Waals surface area contributed by atoms with Crippen LogP contribution in [0.3, 0.4) is 0 Å². The number of hydrogen-bond donors (Lipinski definition) is 0. The molecule has 0 aliphatic heterocycles. The zero-order valence-corrected chi connectivity index (χ0v) is 8.18. The average molecular weight is 190 g/mol. The first-order chi connectivity index (χ1) is 6.33. The summed E-state index contributed by atoms with van der Waals surface area (Å²) in [4.78, 5) is 0. The molecular weight excluding hydrogens is 180 g/mol. The van der Waals surface area contributed by atoms with Gasteiger partial charge in [0.1, 0.15) is 0 Å². The Labute approximate surface area is 83.1 Å². The van der Waals surface area contributed by atoms with E-state index in [0.717, 1.165) is 10.4 Å². The first-order valence-electron chi connectivity index (χ1n) is 4.29. The van der Waals surface area contributed by atoms with E-state index in [2.05, 4.69) is 12.5 Å². The molecule has 1 heteroatoms. The van der Waals surface area contributed by atoms with E-state index in [0.29, 0.717) is 0 Å². The number of hydrogen-bond acceptors (Lipinski definition) is 0. The van der Waals surface area contributed by atoms with Crippen molar-refractivity contribution >= 4 is 22.4 Å². The lowest BCUT2D eigenvalue weighted by Gasteiger charge is -2.04. The average Bonchev–Trinajstić information content (AvgIpc) is 2.19. The van der Waals surface area contributed by atoms with Crippen molar-refractivity contribution in [3.05, 3.63) is 53.4 Å². The molecule has 0 atom stereocenters. The quantitative estimate of drug-likeness (QED) is 0.635.